The molecule has 0 aromatic rings. The zero-order valence-corrected chi connectivity index (χ0v) is 18.2. The molecule has 3 aliphatic rings. The van der Waals surface area contributed by atoms with Gasteiger partial charge < -0.3 is 10.2 Å². The molecule has 0 aliphatic heterocycles. The van der Waals surface area contributed by atoms with Crippen molar-refractivity contribution in [2.75, 3.05) is 0 Å². The summed E-state index contributed by atoms with van der Waals surface area (Å²) < 4.78 is 0. The minimum absolute atomic E-state index is 0.0537. The van der Waals surface area contributed by atoms with E-state index in [0.717, 1.165) is 25.5 Å². The Bertz CT molecular complexity index is 682. The van der Waals surface area contributed by atoms with Gasteiger partial charge in [-0.2, -0.15) is 0 Å². The van der Waals surface area contributed by atoms with Crippen LogP contribution in [0.25, 0.3) is 0 Å². The van der Waals surface area contributed by atoms with E-state index >= 15 is 0 Å². The molecular formula is C25H38O3. The smallest absolute Gasteiger partial charge is 0.146 e. The van der Waals surface area contributed by atoms with Crippen molar-refractivity contribution in [1.29, 1.82) is 0 Å². The molecule has 0 spiro atoms. The van der Waals surface area contributed by atoms with Gasteiger partial charge >= 0.3 is 0 Å². The number of aliphatic hydroxyl groups excluding tert-OH is 1. The Labute approximate surface area is 170 Å². The molecule has 8 atom stereocenters. The number of aliphatic hydroxyl groups is 2. The monoisotopic (exact) mass is 386 g/mol. The Morgan fingerprint density at radius 2 is 1.96 bits per heavy atom. The number of carbonyl (C=O) groups is 1. The summed E-state index contributed by atoms with van der Waals surface area (Å²) in [5.41, 5.74) is 1.24. The molecule has 2 saturated carbocycles. The number of hydrogen-bond acceptors (Lipinski definition) is 3. The van der Waals surface area contributed by atoms with Crippen LogP contribution in [0.5, 0.6) is 0 Å². The molecule has 3 nitrogen and oxygen atoms in total. The first-order chi connectivity index (χ1) is 13.1. The predicted octanol–water partition coefficient (Wildman–Crippen LogP) is 4.84. The highest BCUT2D eigenvalue weighted by Gasteiger charge is 2.56. The lowest BCUT2D eigenvalue weighted by atomic mass is 9.63. The van der Waals surface area contributed by atoms with Crippen LogP contribution in [-0.4, -0.2) is 28.2 Å². The van der Waals surface area contributed by atoms with Crippen molar-refractivity contribution in [1.82, 2.24) is 0 Å². The summed E-state index contributed by atoms with van der Waals surface area (Å²) >= 11 is 0. The Morgan fingerprint density at radius 3 is 2.61 bits per heavy atom. The zero-order chi connectivity index (χ0) is 20.7. The van der Waals surface area contributed by atoms with Gasteiger partial charge in [0.2, 0.25) is 0 Å². The van der Waals surface area contributed by atoms with Crippen molar-refractivity contribution >= 4 is 6.29 Å². The molecule has 0 aromatic carbocycles. The fraction of sp³-hybridized carbons (Fsp3) is 0.720. The fourth-order valence-corrected chi connectivity index (χ4v) is 6.49. The second-order valence-electron chi connectivity index (χ2n) is 10.5. The van der Waals surface area contributed by atoms with Gasteiger partial charge in [0.15, 0.2) is 0 Å². The largest absolute Gasteiger partial charge is 0.392 e. The number of allylic oxidation sites excluding steroid dienone is 5. The molecule has 0 saturated heterocycles. The third-order valence-electron chi connectivity index (χ3n) is 8.06. The SMILES string of the molecule is CC(C)=C/C=C\[C@H](C)[C@H]1CC[C@]2(C)C[C@H]3[C@@H](/C(C=O)=C\C[C@@H]12)[C@H](O)C[C@@]3(C)O. The number of fused-ring (bicyclic) bond motifs is 2. The Morgan fingerprint density at radius 1 is 1.25 bits per heavy atom. The van der Waals surface area contributed by atoms with Crippen molar-refractivity contribution in [3.63, 3.8) is 0 Å². The molecular weight excluding hydrogens is 348 g/mol. The van der Waals surface area contributed by atoms with E-state index in [9.17, 15) is 15.0 Å². The van der Waals surface area contributed by atoms with Gasteiger partial charge in [0, 0.05) is 12.3 Å². The van der Waals surface area contributed by atoms with E-state index in [-0.39, 0.29) is 17.3 Å². The van der Waals surface area contributed by atoms with E-state index in [1.165, 1.54) is 12.0 Å². The van der Waals surface area contributed by atoms with Crippen molar-refractivity contribution in [2.24, 2.45) is 35.0 Å². The highest BCUT2D eigenvalue weighted by Crippen LogP contribution is 2.59. The first-order valence-corrected chi connectivity index (χ1v) is 11.0. The van der Waals surface area contributed by atoms with Crippen molar-refractivity contribution in [2.45, 2.75) is 78.4 Å². The summed E-state index contributed by atoms with van der Waals surface area (Å²) in [6.07, 6.45) is 13.5. The van der Waals surface area contributed by atoms with Crippen LogP contribution in [-0.2, 0) is 4.79 Å². The highest BCUT2D eigenvalue weighted by molar-refractivity contribution is 5.74. The Kier molecular flexibility index (Phi) is 6.08. The van der Waals surface area contributed by atoms with E-state index < -0.39 is 11.7 Å². The third-order valence-corrected chi connectivity index (χ3v) is 8.06. The van der Waals surface area contributed by atoms with E-state index in [2.05, 4.69) is 52.0 Å². The minimum atomic E-state index is -0.913. The molecule has 0 radical (unpaired) electrons. The van der Waals surface area contributed by atoms with Gasteiger partial charge in [0.1, 0.15) is 6.29 Å². The minimum Gasteiger partial charge on any atom is -0.392 e. The lowest BCUT2D eigenvalue weighted by Gasteiger charge is -2.43. The van der Waals surface area contributed by atoms with Crippen LogP contribution in [0, 0.1) is 35.0 Å². The van der Waals surface area contributed by atoms with Gasteiger partial charge in [0.25, 0.3) is 0 Å². The van der Waals surface area contributed by atoms with Crippen molar-refractivity contribution in [3.8, 4) is 0 Å². The maximum Gasteiger partial charge on any atom is 0.146 e. The Hall–Kier alpha value is -1.19. The summed E-state index contributed by atoms with van der Waals surface area (Å²) in [6.45, 7) is 10.8. The summed E-state index contributed by atoms with van der Waals surface area (Å²) in [7, 11) is 0. The third kappa shape index (κ3) is 3.93. The molecule has 3 heteroatoms. The quantitative estimate of drug-likeness (QED) is 0.537. The lowest BCUT2D eigenvalue weighted by Crippen LogP contribution is -2.40. The van der Waals surface area contributed by atoms with Crippen molar-refractivity contribution in [3.05, 3.63) is 35.5 Å². The molecule has 0 amide bonds. The maximum absolute atomic E-state index is 11.8. The van der Waals surface area contributed by atoms with Gasteiger partial charge in [0.05, 0.1) is 11.7 Å². The molecule has 28 heavy (non-hydrogen) atoms. The molecule has 2 fully saturated rings. The number of carbonyl (C=O) groups excluding carboxylic acids is 1. The zero-order valence-electron chi connectivity index (χ0n) is 18.2. The van der Waals surface area contributed by atoms with Crippen LogP contribution in [0.4, 0.5) is 0 Å². The average Bonchev–Trinajstić information content (AvgIpc) is 3.01. The molecule has 0 unspecified atom stereocenters. The lowest BCUT2D eigenvalue weighted by molar-refractivity contribution is -0.106. The van der Waals surface area contributed by atoms with Crippen LogP contribution >= 0.6 is 0 Å². The first-order valence-electron chi connectivity index (χ1n) is 11.0. The van der Waals surface area contributed by atoms with Crippen LogP contribution < -0.4 is 0 Å². The summed E-state index contributed by atoms with van der Waals surface area (Å²) in [5, 5.41) is 21.7. The molecule has 2 N–H and O–H groups in total. The van der Waals surface area contributed by atoms with Gasteiger partial charge in [-0.3, -0.25) is 4.79 Å². The fourth-order valence-electron chi connectivity index (χ4n) is 6.49. The van der Waals surface area contributed by atoms with E-state index in [0.29, 0.717) is 29.7 Å². The average molecular weight is 387 g/mol. The van der Waals surface area contributed by atoms with Crippen LogP contribution in [0.3, 0.4) is 0 Å². The van der Waals surface area contributed by atoms with Gasteiger partial charge in [-0.25, -0.2) is 0 Å². The standard InChI is InChI=1S/C25H38O3/c1-16(2)7-6-8-17(3)19-11-12-24(4)13-21-23(22(27)14-25(21,5)28)18(15-26)9-10-20(19)24/h6-9,15,17,19-23,27-28H,10-14H2,1-5H3/b8-6-,18-9-/t17-,19+,20-,21-,22+,23+,24+,25+/m0/s1. The van der Waals surface area contributed by atoms with E-state index in [1.54, 1.807) is 0 Å². The molecule has 3 rings (SSSR count). The van der Waals surface area contributed by atoms with Gasteiger partial charge in [-0.15, -0.1) is 0 Å². The second-order valence-corrected chi connectivity index (χ2v) is 10.5. The van der Waals surface area contributed by atoms with E-state index in [1.807, 2.05) is 6.92 Å². The summed E-state index contributed by atoms with van der Waals surface area (Å²) in [5.74, 6) is 1.30. The molecule has 3 aliphatic carbocycles. The topological polar surface area (TPSA) is 57.5 Å². The number of hydrogen-bond donors (Lipinski definition) is 2. The number of rotatable bonds is 4. The molecule has 156 valence electrons. The second kappa shape index (κ2) is 7.91. The highest BCUT2D eigenvalue weighted by atomic mass is 16.3. The first kappa shape index (κ1) is 21.5. The molecule has 0 bridgehead atoms. The summed E-state index contributed by atoms with van der Waals surface area (Å²) in [6, 6.07) is 0. The van der Waals surface area contributed by atoms with Crippen LogP contribution in [0.2, 0.25) is 0 Å². The van der Waals surface area contributed by atoms with Gasteiger partial charge in [-0.1, -0.05) is 43.7 Å². The van der Waals surface area contributed by atoms with Crippen LogP contribution in [0.1, 0.15) is 66.7 Å². The normalized spacial score (nSPS) is 46.1. The van der Waals surface area contributed by atoms with E-state index in [4.69, 9.17) is 0 Å². The molecule has 0 aromatic heterocycles. The predicted molar refractivity (Wildman–Crippen MR) is 114 cm³/mol. The van der Waals surface area contributed by atoms with Crippen molar-refractivity contribution < 1.29 is 15.0 Å². The Balaban J connectivity index is 1.91. The molecule has 0 heterocycles. The van der Waals surface area contributed by atoms with Gasteiger partial charge in [-0.05, 0) is 81.1 Å². The van der Waals surface area contributed by atoms with Crippen LogP contribution in [0.15, 0.2) is 35.5 Å². The summed E-state index contributed by atoms with van der Waals surface area (Å²) in [4.78, 5) is 11.8. The maximum atomic E-state index is 11.8. The number of aldehydes is 1.